The lowest BCUT2D eigenvalue weighted by atomic mass is 9.91. The van der Waals surface area contributed by atoms with Gasteiger partial charge in [0.1, 0.15) is 0 Å². The molecule has 0 unspecified atom stereocenters. The van der Waals surface area contributed by atoms with Gasteiger partial charge in [-0.1, -0.05) is 140 Å². The van der Waals surface area contributed by atoms with E-state index in [4.69, 9.17) is 15.0 Å². The fourth-order valence-electron chi connectivity index (χ4n) is 7.22. The van der Waals surface area contributed by atoms with Crippen molar-refractivity contribution >= 4 is 63.8 Å². The summed E-state index contributed by atoms with van der Waals surface area (Å²) in [6.07, 6.45) is 0. The van der Waals surface area contributed by atoms with Gasteiger partial charge in [-0.3, -0.25) is 0 Å². The number of thiophene rings is 1. The monoisotopic (exact) mass is 641 g/mol. The van der Waals surface area contributed by atoms with Crippen LogP contribution in [-0.2, 0) is 0 Å². The molecule has 0 saturated carbocycles. The lowest BCUT2D eigenvalue weighted by Gasteiger charge is -2.14. The third kappa shape index (κ3) is 4.61. The molecule has 49 heavy (non-hydrogen) atoms. The van der Waals surface area contributed by atoms with Crippen LogP contribution in [0.1, 0.15) is 0 Å². The minimum Gasteiger partial charge on any atom is -0.208 e. The van der Waals surface area contributed by atoms with Gasteiger partial charge in [0, 0.05) is 36.9 Å². The number of fused-ring (bicyclic) bond motifs is 10. The topological polar surface area (TPSA) is 38.7 Å². The summed E-state index contributed by atoms with van der Waals surface area (Å²) >= 11 is 1.86. The number of aromatic nitrogens is 3. The molecule has 0 saturated heterocycles. The number of benzene rings is 8. The molecule has 228 valence electrons. The molecule has 3 nitrogen and oxygen atoms in total. The van der Waals surface area contributed by atoms with Crippen molar-refractivity contribution in [3.05, 3.63) is 164 Å². The Hall–Kier alpha value is -6.23. The van der Waals surface area contributed by atoms with Crippen molar-refractivity contribution in [3.63, 3.8) is 0 Å². The molecule has 0 bridgehead atoms. The second kappa shape index (κ2) is 11.2. The van der Waals surface area contributed by atoms with E-state index in [1.54, 1.807) is 0 Å². The number of hydrogen-bond donors (Lipinski definition) is 0. The summed E-state index contributed by atoms with van der Waals surface area (Å²) in [5, 5.41) is 10.1. The van der Waals surface area contributed by atoms with E-state index in [9.17, 15) is 0 Å². The summed E-state index contributed by atoms with van der Waals surface area (Å²) < 4.78 is 2.62. The van der Waals surface area contributed by atoms with Gasteiger partial charge in [-0.2, -0.15) is 0 Å². The van der Waals surface area contributed by atoms with Crippen LogP contribution >= 0.6 is 11.3 Å². The summed E-state index contributed by atoms with van der Waals surface area (Å²) in [5.41, 5.74) is 5.14. The molecule has 0 aliphatic rings. The van der Waals surface area contributed by atoms with Gasteiger partial charge in [-0.15, -0.1) is 11.3 Å². The van der Waals surface area contributed by atoms with Crippen molar-refractivity contribution in [3.8, 4) is 45.3 Å². The molecule has 0 aliphatic heterocycles. The molecule has 10 rings (SSSR count). The highest BCUT2D eigenvalue weighted by atomic mass is 32.1. The first-order valence-corrected chi connectivity index (χ1v) is 17.3. The Kier molecular flexibility index (Phi) is 6.36. The van der Waals surface area contributed by atoms with Crippen LogP contribution in [-0.4, -0.2) is 15.0 Å². The normalized spacial score (nSPS) is 11.7. The SMILES string of the molecule is c1ccc(-c2cccc(-c3nc(-c4ccccc4)nc(-c4ccc5c(c4)c4ccccc4c4ccc6sc7ccccc7c6c45)n3)c2)cc1. The van der Waals surface area contributed by atoms with E-state index < -0.39 is 0 Å². The summed E-state index contributed by atoms with van der Waals surface area (Å²) in [4.78, 5) is 15.3. The highest BCUT2D eigenvalue weighted by Crippen LogP contribution is 2.45. The zero-order valence-corrected chi connectivity index (χ0v) is 27.2. The van der Waals surface area contributed by atoms with Gasteiger partial charge in [0.05, 0.1) is 0 Å². The lowest BCUT2D eigenvalue weighted by molar-refractivity contribution is 1.07. The summed E-state index contributed by atoms with van der Waals surface area (Å²) in [6.45, 7) is 0. The molecule has 0 radical (unpaired) electrons. The molecular formula is C45H27N3S. The van der Waals surface area contributed by atoms with Gasteiger partial charge in [-0.25, -0.2) is 15.0 Å². The Morgan fingerprint density at radius 2 is 0.816 bits per heavy atom. The average Bonchev–Trinajstić information content (AvgIpc) is 3.57. The van der Waals surface area contributed by atoms with Crippen molar-refractivity contribution in [2.75, 3.05) is 0 Å². The standard InChI is InChI=1S/C45H27N3S/c1-3-12-28(13-4-1)30-16-11-17-31(26-30)44-46-43(29-14-5-2-6-15-29)47-45(48-44)32-22-23-36-38(27-32)34-19-8-7-18-33(34)35-24-25-40-42(41(35)36)37-20-9-10-21-39(37)49-40/h1-27H. The van der Waals surface area contributed by atoms with Crippen molar-refractivity contribution in [1.29, 1.82) is 0 Å². The van der Waals surface area contributed by atoms with Crippen LogP contribution in [0.3, 0.4) is 0 Å². The zero-order chi connectivity index (χ0) is 32.3. The van der Waals surface area contributed by atoms with Crippen LogP contribution in [0.2, 0.25) is 0 Å². The molecule has 10 aromatic rings. The predicted octanol–water partition coefficient (Wildman–Crippen LogP) is 12.4. The van der Waals surface area contributed by atoms with E-state index in [2.05, 4.69) is 140 Å². The Morgan fingerprint density at radius 1 is 0.286 bits per heavy atom. The highest BCUT2D eigenvalue weighted by molar-refractivity contribution is 7.26. The summed E-state index contributed by atoms with van der Waals surface area (Å²) in [7, 11) is 0. The fraction of sp³-hybridized carbons (Fsp3) is 0. The predicted molar refractivity (Wildman–Crippen MR) is 207 cm³/mol. The minimum absolute atomic E-state index is 0.650. The quantitative estimate of drug-likeness (QED) is 0.180. The smallest absolute Gasteiger partial charge is 0.164 e. The Bertz CT molecular complexity index is 2880. The maximum absolute atomic E-state index is 5.15. The minimum atomic E-state index is 0.650. The second-order valence-electron chi connectivity index (χ2n) is 12.4. The molecule has 2 heterocycles. The van der Waals surface area contributed by atoms with Gasteiger partial charge in [-0.05, 0) is 67.7 Å². The van der Waals surface area contributed by atoms with Gasteiger partial charge in [0.2, 0.25) is 0 Å². The number of rotatable bonds is 4. The Morgan fingerprint density at radius 3 is 1.57 bits per heavy atom. The van der Waals surface area contributed by atoms with Crippen molar-refractivity contribution in [2.24, 2.45) is 0 Å². The Balaban J connectivity index is 1.23. The first-order chi connectivity index (χ1) is 24.3. The first-order valence-electron chi connectivity index (χ1n) is 16.4. The first kappa shape index (κ1) is 27.8. The molecule has 4 heteroatoms. The maximum atomic E-state index is 5.15. The number of nitrogens with zero attached hydrogens (tertiary/aromatic N) is 3. The lowest BCUT2D eigenvalue weighted by Crippen LogP contribution is -2.00. The van der Waals surface area contributed by atoms with Crippen molar-refractivity contribution in [2.45, 2.75) is 0 Å². The summed E-state index contributed by atoms with van der Waals surface area (Å²) in [6, 6.07) is 57.9. The van der Waals surface area contributed by atoms with Gasteiger partial charge in [0.15, 0.2) is 17.5 Å². The van der Waals surface area contributed by atoms with Crippen LogP contribution in [0, 0.1) is 0 Å². The van der Waals surface area contributed by atoms with Crippen LogP contribution in [0.5, 0.6) is 0 Å². The Labute approximate surface area is 286 Å². The second-order valence-corrected chi connectivity index (χ2v) is 13.5. The molecule has 0 N–H and O–H groups in total. The van der Waals surface area contributed by atoms with Gasteiger partial charge in [0.25, 0.3) is 0 Å². The van der Waals surface area contributed by atoms with E-state index in [1.165, 1.54) is 52.5 Å². The maximum Gasteiger partial charge on any atom is 0.164 e. The van der Waals surface area contributed by atoms with Crippen molar-refractivity contribution in [1.82, 2.24) is 15.0 Å². The van der Waals surface area contributed by atoms with E-state index in [0.717, 1.165) is 27.8 Å². The van der Waals surface area contributed by atoms with E-state index >= 15 is 0 Å². The van der Waals surface area contributed by atoms with Gasteiger partial charge >= 0.3 is 0 Å². The highest BCUT2D eigenvalue weighted by Gasteiger charge is 2.18. The van der Waals surface area contributed by atoms with E-state index in [-0.39, 0.29) is 0 Å². The van der Waals surface area contributed by atoms with Crippen LogP contribution < -0.4 is 0 Å². The molecule has 2 aromatic heterocycles. The molecule has 0 spiro atoms. The van der Waals surface area contributed by atoms with Crippen LogP contribution in [0.25, 0.3) is 97.8 Å². The van der Waals surface area contributed by atoms with Crippen molar-refractivity contribution < 1.29 is 0 Å². The molecule has 0 fully saturated rings. The van der Waals surface area contributed by atoms with Crippen LogP contribution in [0.15, 0.2) is 164 Å². The third-order valence-electron chi connectivity index (χ3n) is 9.49. The zero-order valence-electron chi connectivity index (χ0n) is 26.3. The average molecular weight is 642 g/mol. The molecule has 8 aromatic carbocycles. The van der Waals surface area contributed by atoms with Gasteiger partial charge < -0.3 is 0 Å². The number of hydrogen-bond acceptors (Lipinski definition) is 4. The van der Waals surface area contributed by atoms with E-state index in [1.807, 2.05) is 35.6 Å². The fourth-order valence-corrected chi connectivity index (χ4v) is 8.33. The van der Waals surface area contributed by atoms with Crippen LogP contribution in [0.4, 0.5) is 0 Å². The van der Waals surface area contributed by atoms with E-state index in [0.29, 0.717) is 17.5 Å². The third-order valence-corrected chi connectivity index (χ3v) is 10.6. The molecule has 0 amide bonds. The molecular weight excluding hydrogens is 615 g/mol. The largest absolute Gasteiger partial charge is 0.208 e. The molecule has 0 atom stereocenters. The summed E-state index contributed by atoms with van der Waals surface area (Å²) in [5.74, 6) is 1.96. The molecule has 0 aliphatic carbocycles.